The third kappa shape index (κ3) is 4.50. The number of carbonyl (C=O) groups excluding carboxylic acids is 1. The molecule has 3 aromatic rings. The van der Waals surface area contributed by atoms with Crippen molar-refractivity contribution in [3.05, 3.63) is 86.3 Å². The smallest absolute Gasteiger partial charge is 0.251 e. The summed E-state index contributed by atoms with van der Waals surface area (Å²) < 4.78 is 0.958. The Morgan fingerprint density at radius 3 is 2.57 bits per heavy atom. The van der Waals surface area contributed by atoms with Gasteiger partial charge in [0.25, 0.3) is 5.91 Å². The van der Waals surface area contributed by atoms with Gasteiger partial charge in [0.05, 0.1) is 17.2 Å². The fraction of sp³-hybridized carbons (Fsp3) is 0.111. The summed E-state index contributed by atoms with van der Waals surface area (Å²) >= 11 is 4.99. The Kier molecular flexibility index (Phi) is 5.20. The number of nitrogens with zero attached hydrogens (tertiary/aromatic N) is 1. The van der Waals surface area contributed by atoms with Gasteiger partial charge in [-0.1, -0.05) is 46.3 Å². The largest absolute Gasteiger partial charge is 0.346 e. The van der Waals surface area contributed by atoms with Gasteiger partial charge in [-0.25, -0.2) is 4.98 Å². The fourth-order valence-electron chi connectivity index (χ4n) is 2.16. The number of halogens is 1. The number of hydrogen-bond donors (Lipinski definition) is 1. The van der Waals surface area contributed by atoms with E-state index in [0.717, 1.165) is 21.6 Å². The first-order valence-corrected chi connectivity index (χ1v) is 8.89. The minimum Gasteiger partial charge on any atom is -0.346 e. The van der Waals surface area contributed by atoms with E-state index in [9.17, 15) is 4.79 Å². The second kappa shape index (κ2) is 7.53. The van der Waals surface area contributed by atoms with Crippen molar-refractivity contribution in [3.8, 4) is 0 Å². The van der Waals surface area contributed by atoms with E-state index in [4.69, 9.17) is 0 Å². The fourth-order valence-corrected chi connectivity index (χ4v) is 3.25. The lowest BCUT2D eigenvalue weighted by atomic mass is 10.2. The third-order valence-corrected chi connectivity index (χ3v) is 4.76. The van der Waals surface area contributed by atoms with E-state index in [1.807, 2.05) is 35.7 Å². The van der Waals surface area contributed by atoms with E-state index in [2.05, 4.69) is 38.4 Å². The highest BCUT2D eigenvalue weighted by Gasteiger charge is 2.07. The second-order valence-electron chi connectivity index (χ2n) is 5.08. The molecule has 0 bridgehead atoms. The average Bonchev–Trinajstić information content (AvgIpc) is 3.02. The van der Waals surface area contributed by atoms with Crippen molar-refractivity contribution >= 4 is 33.2 Å². The van der Waals surface area contributed by atoms with Crippen molar-refractivity contribution in [3.63, 3.8) is 0 Å². The summed E-state index contributed by atoms with van der Waals surface area (Å²) in [7, 11) is 0. The zero-order valence-electron chi connectivity index (χ0n) is 12.3. The average molecular weight is 387 g/mol. The number of nitrogens with one attached hydrogen (secondary N) is 1. The monoisotopic (exact) mass is 386 g/mol. The second-order valence-corrected chi connectivity index (χ2v) is 6.94. The summed E-state index contributed by atoms with van der Waals surface area (Å²) in [6.07, 6.45) is 0.826. The molecule has 0 saturated carbocycles. The van der Waals surface area contributed by atoms with Crippen LogP contribution in [0.15, 0.2) is 64.5 Å². The molecule has 1 heterocycles. The van der Waals surface area contributed by atoms with Crippen LogP contribution in [0.1, 0.15) is 26.6 Å². The molecule has 0 saturated heterocycles. The summed E-state index contributed by atoms with van der Waals surface area (Å²) in [6.45, 7) is 0.445. The van der Waals surface area contributed by atoms with Crippen molar-refractivity contribution in [2.24, 2.45) is 0 Å². The first-order valence-electron chi connectivity index (χ1n) is 7.22. The van der Waals surface area contributed by atoms with E-state index < -0.39 is 0 Å². The molecule has 3 nitrogen and oxygen atoms in total. The molecule has 2 aromatic carbocycles. The number of aromatic nitrogens is 1. The standard InChI is InChI=1S/C18H15BrN2OS/c19-15-8-6-14(7-9-15)18(22)20-11-16-12-23-17(21-16)10-13-4-2-1-3-5-13/h1-9,12H,10-11H2,(H,20,22). The molecule has 0 radical (unpaired) electrons. The quantitative estimate of drug-likeness (QED) is 0.704. The maximum Gasteiger partial charge on any atom is 0.251 e. The molecule has 23 heavy (non-hydrogen) atoms. The zero-order chi connectivity index (χ0) is 16.1. The Morgan fingerprint density at radius 1 is 1.09 bits per heavy atom. The van der Waals surface area contributed by atoms with Crippen LogP contribution in [0, 0.1) is 0 Å². The van der Waals surface area contributed by atoms with Crippen LogP contribution in [0.5, 0.6) is 0 Å². The summed E-state index contributed by atoms with van der Waals surface area (Å²) in [4.78, 5) is 16.7. The molecule has 1 N–H and O–H groups in total. The number of carbonyl (C=O) groups is 1. The Hall–Kier alpha value is -1.98. The number of thiazole rings is 1. The number of hydrogen-bond acceptors (Lipinski definition) is 3. The molecular weight excluding hydrogens is 372 g/mol. The Morgan fingerprint density at radius 2 is 1.83 bits per heavy atom. The van der Waals surface area contributed by atoms with Gasteiger partial charge in [-0.3, -0.25) is 4.79 Å². The number of rotatable bonds is 5. The Balaban J connectivity index is 1.57. The molecule has 1 aromatic heterocycles. The summed E-state index contributed by atoms with van der Waals surface area (Å²) in [6, 6.07) is 17.6. The van der Waals surface area contributed by atoms with E-state index in [-0.39, 0.29) is 5.91 Å². The highest BCUT2D eigenvalue weighted by atomic mass is 79.9. The highest BCUT2D eigenvalue weighted by molar-refractivity contribution is 9.10. The first kappa shape index (κ1) is 15.9. The molecule has 3 rings (SSSR count). The predicted octanol–water partition coefficient (Wildman–Crippen LogP) is 4.43. The molecule has 0 atom stereocenters. The van der Waals surface area contributed by atoms with Crippen LogP contribution in [0.2, 0.25) is 0 Å². The van der Waals surface area contributed by atoms with Gasteiger partial charge < -0.3 is 5.32 Å². The van der Waals surface area contributed by atoms with Crippen LogP contribution in [0.25, 0.3) is 0 Å². The predicted molar refractivity (Wildman–Crippen MR) is 96.7 cm³/mol. The molecule has 116 valence electrons. The molecule has 1 amide bonds. The molecule has 0 aliphatic rings. The Labute approximate surface area is 147 Å². The van der Waals surface area contributed by atoms with Gasteiger partial charge in [0.15, 0.2) is 0 Å². The van der Waals surface area contributed by atoms with Crippen molar-refractivity contribution in [2.75, 3.05) is 0 Å². The van der Waals surface area contributed by atoms with Crippen molar-refractivity contribution in [1.29, 1.82) is 0 Å². The first-order chi connectivity index (χ1) is 11.2. The maximum atomic E-state index is 12.1. The molecule has 0 aliphatic carbocycles. The van der Waals surface area contributed by atoms with Gasteiger partial charge in [-0.15, -0.1) is 11.3 Å². The molecular formula is C18H15BrN2OS. The van der Waals surface area contributed by atoms with E-state index in [0.29, 0.717) is 12.1 Å². The van der Waals surface area contributed by atoms with Crippen LogP contribution in [-0.4, -0.2) is 10.9 Å². The van der Waals surface area contributed by atoms with Crippen LogP contribution in [0.3, 0.4) is 0 Å². The third-order valence-electron chi connectivity index (χ3n) is 3.33. The van der Waals surface area contributed by atoms with Crippen molar-refractivity contribution < 1.29 is 4.79 Å². The number of amides is 1. The minimum absolute atomic E-state index is 0.0879. The van der Waals surface area contributed by atoms with Crippen LogP contribution in [0.4, 0.5) is 0 Å². The van der Waals surface area contributed by atoms with E-state index in [1.54, 1.807) is 23.5 Å². The molecule has 5 heteroatoms. The van der Waals surface area contributed by atoms with Crippen molar-refractivity contribution in [2.45, 2.75) is 13.0 Å². The SMILES string of the molecule is O=C(NCc1csc(Cc2ccccc2)n1)c1ccc(Br)cc1. The lowest BCUT2D eigenvalue weighted by molar-refractivity contribution is 0.0950. The lowest BCUT2D eigenvalue weighted by Gasteiger charge is -2.03. The molecule has 0 aliphatic heterocycles. The van der Waals surface area contributed by atoms with Gasteiger partial charge in [-0.2, -0.15) is 0 Å². The van der Waals surface area contributed by atoms with E-state index >= 15 is 0 Å². The zero-order valence-corrected chi connectivity index (χ0v) is 14.7. The molecule has 0 spiro atoms. The van der Waals surface area contributed by atoms with Gasteiger partial charge in [-0.05, 0) is 29.8 Å². The highest BCUT2D eigenvalue weighted by Crippen LogP contribution is 2.15. The summed E-state index contributed by atoms with van der Waals surface area (Å²) in [5.74, 6) is -0.0879. The topological polar surface area (TPSA) is 42.0 Å². The minimum atomic E-state index is -0.0879. The van der Waals surface area contributed by atoms with Crippen LogP contribution >= 0.6 is 27.3 Å². The van der Waals surface area contributed by atoms with Gasteiger partial charge in [0.2, 0.25) is 0 Å². The molecule has 0 fully saturated rings. The number of benzene rings is 2. The van der Waals surface area contributed by atoms with E-state index in [1.165, 1.54) is 5.56 Å². The van der Waals surface area contributed by atoms with Gasteiger partial charge in [0, 0.05) is 21.8 Å². The molecule has 0 unspecified atom stereocenters. The van der Waals surface area contributed by atoms with Gasteiger partial charge >= 0.3 is 0 Å². The van der Waals surface area contributed by atoms with Crippen molar-refractivity contribution in [1.82, 2.24) is 10.3 Å². The lowest BCUT2D eigenvalue weighted by Crippen LogP contribution is -2.22. The summed E-state index contributed by atoms with van der Waals surface area (Å²) in [5.41, 5.74) is 2.78. The van der Waals surface area contributed by atoms with Gasteiger partial charge in [0.1, 0.15) is 0 Å². The van der Waals surface area contributed by atoms with Crippen LogP contribution in [-0.2, 0) is 13.0 Å². The maximum absolute atomic E-state index is 12.1. The summed E-state index contributed by atoms with van der Waals surface area (Å²) in [5, 5.41) is 5.96. The Bertz CT molecular complexity index is 784. The van der Waals surface area contributed by atoms with Crippen LogP contribution < -0.4 is 5.32 Å². The normalized spacial score (nSPS) is 10.5.